The predicted octanol–water partition coefficient (Wildman–Crippen LogP) is 2.67. The van der Waals surface area contributed by atoms with Crippen molar-refractivity contribution >= 4 is 17.5 Å². The van der Waals surface area contributed by atoms with Crippen molar-refractivity contribution in [1.82, 2.24) is 15.1 Å². The molecule has 13 heteroatoms. The fourth-order valence-corrected chi connectivity index (χ4v) is 3.95. The Balaban J connectivity index is 1.71. The molecule has 0 spiro atoms. The van der Waals surface area contributed by atoms with Crippen LogP contribution in [0.5, 0.6) is 5.75 Å². The highest BCUT2D eigenvalue weighted by Crippen LogP contribution is 2.25. The van der Waals surface area contributed by atoms with Crippen molar-refractivity contribution in [2.24, 2.45) is 0 Å². The van der Waals surface area contributed by atoms with Crippen LogP contribution < -0.4 is 15.4 Å². The maximum absolute atomic E-state index is 13.1. The monoisotopic (exact) mass is 485 g/mol. The normalized spacial score (nSPS) is 19.6. The quantitative estimate of drug-likeness (QED) is 0.430. The molecule has 10 nitrogen and oxygen atoms in total. The lowest BCUT2D eigenvalue weighted by atomic mass is 10.1. The zero-order valence-corrected chi connectivity index (χ0v) is 18.3. The van der Waals surface area contributed by atoms with Gasteiger partial charge in [0, 0.05) is 31.4 Å². The Morgan fingerprint density at radius 1 is 1.21 bits per heavy atom. The van der Waals surface area contributed by atoms with Gasteiger partial charge in [-0.2, -0.15) is 0 Å². The summed E-state index contributed by atoms with van der Waals surface area (Å²) >= 11 is 0. The number of likely N-dealkylation sites (tertiary alicyclic amines) is 2. The van der Waals surface area contributed by atoms with Crippen molar-refractivity contribution in [2.75, 3.05) is 31.5 Å². The number of rotatable bonds is 8. The van der Waals surface area contributed by atoms with Crippen LogP contribution in [0.4, 0.5) is 18.9 Å². The zero-order valence-electron chi connectivity index (χ0n) is 18.3. The largest absolute Gasteiger partial charge is 0.573 e. The third-order valence-corrected chi connectivity index (χ3v) is 5.48. The summed E-state index contributed by atoms with van der Waals surface area (Å²) in [6.45, 7) is 1.67. The number of halogens is 3. The Labute approximate surface area is 193 Å². The first-order valence-electron chi connectivity index (χ1n) is 10.9. The van der Waals surface area contributed by atoms with Crippen LogP contribution in [0.2, 0.25) is 0 Å². The number of hydrogen-bond acceptors (Lipinski definition) is 7. The smallest absolute Gasteiger partial charge is 0.406 e. The molecule has 0 aromatic heterocycles. The van der Waals surface area contributed by atoms with Crippen LogP contribution in [0.25, 0.3) is 0 Å². The van der Waals surface area contributed by atoms with Gasteiger partial charge >= 0.3 is 6.36 Å². The van der Waals surface area contributed by atoms with Gasteiger partial charge in [0.25, 0.3) is 6.20 Å². The van der Waals surface area contributed by atoms with Gasteiger partial charge in [0.1, 0.15) is 11.8 Å². The highest BCUT2D eigenvalue weighted by Gasteiger charge is 2.32. The Bertz CT molecular complexity index is 934. The van der Waals surface area contributed by atoms with E-state index in [9.17, 15) is 32.9 Å². The van der Waals surface area contributed by atoms with Crippen LogP contribution in [0.15, 0.2) is 36.3 Å². The van der Waals surface area contributed by atoms with Gasteiger partial charge in [-0.25, -0.2) is 0 Å². The van der Waals surface area contributed by atoms with E-state index in [1.54, 1.807) is 4.90 Å². The lowest BCUT2D eigenvalue weighted by Crippen LogP contribution is -2.49. The van der Waals surface area contributed by atoms with Gasteiger partial charge < -0.3 is 25.2 Å². The summed E-state index contributed by atoms with van der Waals surface area (Å²) in [6, 6.07) is 3.96. The lowest BCUT2D eigenvalue weighted by Gasteiger charge is -2.27. The number of nitro groups is 1. The number of ether oxygens (including phenoxy) is 1. The van der Waals surface area contributed by atoms with Crippen molar-refractivity contribution in [3.05, 3.63) is 46.4 Å². The molecule has 0 saturated carbocycles. The SMILES string of the molecule is O=C(CN1CCCC[C@H](NC(=C[N+](=O)[O-])Nc2cccc(OC(F)(F)F)c2)C1=O)N1CCCC1. The summed E-state index contributed by atoms with van der Waals surface area (Å²) < 4.78 is 41.4. The Kier molecular flexibility index (Phi) is 8.18. The van der Waals surface area contributed by atoms with Gasteiger partial charge in [0.15, 0.2) is 5.82 Å². The standard InChI is InChI=1S/C21H26F3N5O5/c22-21(23,24)34-16-7-5-6-15(12-16)25-18(13-29(32)33)26-17-8-1-2-11-28(20(17)31)14-19(30)27-9-3-4-10-27/h5-7,12-13,17,25-26H,1-4,8-11,14H2/t17-/m0/s1. The van der Waals surface area contributed by atoms with E-state index in [1.807, 2.05) is 0 Å². The van der Waals surface area contributed by atoms with E-state index in [4.69, 9.17) is 0 Å². The number of benzene rings is 1. The van der Waals surface area contributed by atoms with E-state index in [0.717, 1.165) is 25.0 Å². The molecule has 2 amide bonds. The molecule has 1 aromatic rings. The van der Waals surface area contributed by atoms with Gasteiger partial charge in [0.05, 0.1) is 11.5 Å². The fraction of sp³-hybridized carbons (Fsp3) is 0.524. The number of nitrogens with one attached hydrogen (secondary N) is 2. The second-order valence-corrected chi connectivity index (χ2v) is 8.07. The molecule has 0 unspecified atom stereocenters. The maximum Gasteiger partial charge on any atom is 0.573 e. The molecule has 2 aliphatic heterocycles. The van der Waals surface area contributed by atoms with E-state index in [1.165, 1.54) is 17.0 Å². The van der Waals surface area contributed by atoms with Gasteiger partial charge in [-0.15, -0.1) is 13.2 Å². The molecular weight excluding hydrogens is 459 g/mol. The van der Waals surface area contributed by atoms with Crippen molar-refractivity contribution < 1.29 is 32.4 Å². The summed E-state index contributed by atoms with van der Waals surface area (Å²) in [7, 11) is 0. The molecule has 0 bridgehead atoms. The average Bonchev–Trinajstić information content (AvgIpc) is 3.22. The molecule has 2 aliphatic rings. The molecule has 1 atom stereocenters. The highest BCUT2D eigenvalue weighted by molar-refractivity contribution is 5.88. The molecule has 3 rings (SSSR count). The first-order valence-corrected chi connectivity index (χ1v) is 10.9. The summed E-state index contributed by atoms with van der Waals surface area (Å²) in [4.78, 5) is 39.2. The maximum atomic E-state index is 13.1. The van der Waals surface area contributed by atoms with Crippen LogP contribution >= 0.6 is 0 Å². The second kappa shape index (κ2) is 11.1. The zero-order chi connectivity index (χ0) is 24.7. The number of anilines is 1. The molecule has 2 N–H and O–H groups in total. The number of carbonyl (C=O) groups excluding carboxylic acids is 2. The Hall–Kier alpha value is -3.51. The number of carbonyl (C=O) groups is 2. The Morgan fingerprint density at radius 2 is 1.91 bits per heavy atom. The number of amides is 2. The van der Waals surface area contributed by atoms with Crippen LogP contribution in [-0.2, 0) is 9.59 Å². The minimum absolute atomic E-state index is 0.0600. The minimum atomic E-state index is -4.89. The predicted molar refractivity (Wildman–Crippen MR) is 115 cm³/mol. The van der Waals surface area contributed by atoms with Gasteiger partial charge in [-0.3, -0.25) is 19.7 Å². The van der Waals surface area contributed by atoms with Crippen LogP contribution in [-0.4, -0.2) is 65.1 Å². The first-order chi connectivity index (χ1) is 16.1. The fourth-order valence-electron chi connectivity index (χ4n) is 3.95. The van der Waals surface area contributed by atoms with E-state index in [0.29, 0.717) is 45.1 Å². The molecule has 2 saturated heterocycles. The molecule has 34 heavy (non-hydrogen) atoms. The summed E-state index contributed by atoms with van der Waals surface area (Å²) in [6.07, 6.45) is -0.733. The van der Waals surface area contributed by atoms with Crippen LogP contribution in [0.3, 0.4) is 0 Å². The van der Waals surface area contributed by atoms with E-state index < -0.39 is 23.1 Å². The summed E-state index contributed by atoms with van der Waals surface area (Å²) in [5, 5.41) is 16.6. The van der Waals surface area contributed by atoms with E-state index in [2.05, 4.69) is 15.4 Å². The lowest BCUT2D eigenvalue weighted by molar-refractivity contribution is -0.403. The molecule has 0 aliphatic carbocycles. The summed E-state index contributed by atoms with van der Waals surface area (Å²) in [5.41, 5.74) is 0.0875. The van der Waals surface area contributed by atoms with E-state index in [-0.39, 0.29) is 29.9 Å². The summed E-state index contributed by atoms with van der Waals surface area (Å²) in [5.74, 6) is -1.18. The van der Waals surface area contributed by atoms with Gasteiger partial charge in [0.2, 0.25) is 11.8 Å². The van der Waals surface area contributed by atoms with E-state index >= 15 is 0 Å². The van der Waals surface area contributed by atoms with Gasteiger partial charge in [-0.05, 0) is 44.2 Å². The topological polar surface area (TPSA) is 117 Å². The minimum Gasteiger partial charge on any atom is -0.406 e. The highest BCUT2D eigenvalue weighted by atomic mass is 19.4. The first kappa shape index (κ1) is 25.1. The third-order valence-electron chi connectivity index (χ3n) is 5.48. The van der Waals surface area contributed by atoms with Crippen molar-refractivity contribution in [1.29, 1.82) is 0 Å². The number of hydrogen-bond donors (Lipinski definition) is 2. The second-order valence-electron chi connectivity index (χ2n) is 8.07. The molecule has 0 radical (unpaired) electrons. The number of nitrogens with zero attached hydrogens (tertiary/aromatic N) is 3. The van der Waals surface area contributed by atoms with Crippen LogP contribution in [0, 0.1) is 10.1 Å². The van der Waals surface area contributed by atoms with Crippen molar-refractivity contribution in [3.63, 3.8) is 0 Å². The molecule has 2 fully saturated rings. The molecule has 1 aromatic carbocycles. The van der Waals surface area contributed by atoms with Crippen LogP contribution in [0.1, 0.15) is 32.1 Å². The number of alkyl halides is 3. The van der Waals surface area contributed by atoms with Gasteiger partial charge in [-0.1, -0.05) is 6.07 Å². The van der Waals surface area contributed by atoms with Crippen molar-refractivity contribution in [3.8, 4) is 5.75 Å². The third kappa shape index (κ3) is 7.52. The average molecular weight is 485 g/mol. The van der Waals surface area contributed by atoms with Crippen molar-refractivity contribution in [2.45, 2.75) is 44.5 Å². The molecular formula is C21H26F3N5O5. The Morgan fingerprint density at radius 3 is 2.59 bits per heavy atom. The molecule has 186 valence electrons. The molecule has 2 heterocycles.